The summed E-state index contributed by atoms with van der Waals surface area (Å²) in [6.07, 6.45) is 10.4. The Bertz CT molecular complexity index is 656. The van der Waals surface area contributed by atoms with Crippen molar-refractivity contribution >= 4 is 0 Å². The van der Waals surface area contributed by atoms with Crippen molar-refractivity contribution in [2.75, 3.05) is 6.54 Å². The zero-order chi connectivity index (χ0) is 15.2. The van der Waals surface area contributed by atoms with Gasteiger partial charge in [-0.25, -0.2) is 4.98 Å². The molecular weight excluding hydrogens is 274 g/mol. The van der Waals surface area contributed by atoms with Gasteiger partial charge in [0.2, 0.25) is 0 Å². The predicted molar refractivity (Wildman–Crippen MR) is 86.8 cm³/mol. The number of nitrogens with one attached hydrogen (secondary N) is 1. The van der Waals surface area contributed by atoms with Crippen molar-refractivity contribution in [1.82, 2.24) is 24.6 Å². The minimum absolute atomic E-state index is 0.342. The second-order valence-electron chi connectivity index (χ2n) is 5.36. The van der Waals surface area contributed by atoms with Crippen LogP contribution in [0.3, 0.4) is 0 Å². The van der Waals surface area contributed by atoms with E-state index in [0.29, 0.717) is 6.04 Å². The average Bonchev–Trinajstić information content (AvgIpc) is 3.25. The van der Waals surface area contributed by atoms with E-state index in [1.807, 2.05) is 40.2 Å². The quantitative estimate of drug-likeness (QED) is 0.682. The van der Waals surface area contributed by atoms with Gasteiger partial charge in [-0.3, -0.25) is 4.68 Å². The van der Waals surface area contributed by atoms with Gasteiger partial charge >= 0.3 is 0 Å². The van der Waals surface area contributed by atoms with E-state index in [1.165, 1.54) is 5.56 Å². The van der Waals surface area contributed by atoms with Crippen LogP contribution in [0.1, 0.15) is 24.9 Å². The summed E-state index contributed by atoms with van der Waals surface area (Å²) < 4.78 is 3.97. The Balaban J connectivity index is 1.48. The van der Waals surface area contributed by atoms with Crippen molar-refractivity contribution in [3.8, 4) is 5.69 Å². The Morgan fingerprint density at radius 1 is 1.14 bits per heavy atom. The number of aromatic nitrogens is 4. The van der Waals surface area contributed by atoms with Gasteiger partial charge in [-0.1, -0.05) is 12.1 Å². The molecule has 3 rings (SSSR count). The van der Waals surface area contributed by atoms with E-state index in [4.69, 9.17) is 0 Å². The van der Waals surface area contributed by atoms with Crippen molar-refractivity contribution in [1.29, 1.82) is 0 Å². The van der Waals surface area contributed by atoms with Crippen molar-refractivity contribution in [2.24, 2.45) is 0 Å². The molecule has 1 atom stereocenters. The highest BCUT2D eigenvalue weighted by Gasteiger charge is 2.05. The summed E-state index contributed by atoms with van der Waals surface area (Å²) in [5.74, 6) is 0. The molecule has 1 aromatic carbocycles. The number of imidazole rings is 1. The van der Waals surface area contributed by atoms with Gasteiger partial charge in [0.25, 0.3) is 0 Å². The van der Waals surface area contributed by atoms with E-state index in [1.54, 1.807) is 6.20 Å². The number of aryl methyl sites for hydroxylation is 1. The molecule has 0 bridgehead atoms. The van der Waals surface area contributed by atoms with Crippen LogP contribution in [-0.4, -0.2) is 25.9 Å². The highest BCUT2D eigenvalue weighted by molar-refractivity contribution is 5.35. The fourth-order valence-electron chi connectivity index (χ4n) is 2.46. The van der Waals surface area contributed by atoms with Crippen molar-refractivity contribution < 1.29 is 0 Å². The fourth-order valence-corrected chi connectivity index (χ4v) is 2.46. The van der Waals surface area contributed by atoms with Crippen LogP contribution in [-0.2, 0) is 6.54 Å². The lowest BCUT2D eigenvalue weighted by atomic mass is 10.1. The van der Waals surface area contributed by atoms with E-state index < -0.39 is 0 Å². The highest BCUT2D eigenvalue weighted by atomic mass is 15.3. The fraction of sp³-hybridized carbons (Fsp3) is 0.294. The maximum absolute atomic E-state index is 4.21. The molecule has 0 saturated carbocycles. The maximum Gasteiger partial charge on any atom is 0.0991 e. The van der Waals surface area contributed by atoms with Gasteiger partial charge in [0, 0.05) is 43.1 Å². The van der Waals surface area contributed by atoms with Crippen LogP contribution in [0, 0.1) is 0 Å². The number of nitrogens with zero attached hydrogens (tertiary/aromatic N) is 4. The number of benzene rings is 1. The number of rotatable bonds is 7. The molecule has 0 amide bonds. The Morgan fingerprint density at radius 2 is 2.00 bits per heavy atom. The third-order valence-corrected chi connectivity index (χ3v) is 3.77. The zero-order valence-electron chi connectivity index (χ0n) is 12.8. The van der Waals surface area contributed by atoms with E-state index in [2.05, 4.69) is 46.6 Å². The summed E-state index contributed by atoms with van der Waals surface area (Å²) >= 11 is 0. The average molecular weight is 295 g/mol. The normalized spacial score (nSPS) is 12.4. The Labute approximate surface area is 130 Å². The number of hydrogen-bond acceptors (Lipinski definition) is 3. The lowest BCUT2D eigenvalue weighted by Gasteiger charge is -2.15. The standard InChI is InChI=1S/C17H21N5/c1-15(19-8-2-11-22-12-3-9-20-22)16-4-6-17(7-5-16)21-13-10-18-14-21/h3-7,9-10,12-15,19H,2,8,11H2,1H3/t15-/m1/s1. The smallest absolute Gasteiger partial charge is 0.0991 e. The second-order valence-corrected chi connectivity index (χ2v) is 5.36. The molecule has 5 heteroatoms. The molecule has 2 aromatic heterocycles. The van der Waals surface area contributed by atoms with Crippen LogP contribution in [0.4, 0.5) is 0 Å². The molecule has 3 aromatic rings. The Kier molecular flexibility index (Phi) is 4.65. The largest absolute Gasteiger partial charge is 0.310 e. The van der Waals surface area contributed by atoms with Crippen molar-refractivity contribution in [3.63, 3.8) is 0 Å². The monoisotopic (exact) mass is 295 g/mol. The summed E-state index contributed by atoms with van der Waals surface area (Å²) in [6.45, 7) is 4.12. The van der Waals surface area contributed by atoms with Crippen LogP contribution in [0.2, 0.25) is 0 Å². The van der Waals surface area contributed by atoms with Crippen molar-refractivity contribution in [3.05, 3.63) is 67.0 Å². The molecule has 0 fully saturated rings. The third-order valence-electron chi connectivity index (χ3n) is 3.77. The van der Waals surface area contributed by atoms with Crippen LogP contribution >= 0.6 is 0 Å². The van der Waals surface area contributed by atoms with Gasteiger partial charge in [0.05, 0.1) is 6.33 Å². The molecular formula is C17H21N5. The zero-order valence-corrected chi connectivity index (χ0v) is 12.8. The van der Waals surface area contributed by atoms with E-state index in [0.717, 1.165) is 25.2 Å². The summed E-state index contributed by atoms with van der Waals surface area (Å²) in [7, 11) is 0. The summed E-state index contributed by atoms with van der Waals surface area (Å²) in [4.78, 5) is 4.07. The van der Waals surface area contributed by atoms with Gasteiger partial charge in [-0.2, -0.15) is 5.10 Å². The van der Waals surface area contributed by atoms with Crippen LogP contribution in [0.15, 0.2) is 61.4 Å². The van der Waals surface area contributed by atoms with Crippen LogP contribution < -0.4 is 5.32 Å². The Morgan fingerprint density at radius 3 is 2.68 bits per heavy atom. The molecule has 1 N–H and O–H groups in total. The third kappa shape index (κ3) is 3.62. The molecule has 0 spiro atoms. The van der Waals surface area contributed by atoms with Gasteiger partial charge in [0.1, 0.15) is 0 Å². The SMILES string of the molecule is C[C@@H](NCCCn1cccn1)c1ccc(-n2ccnc2)cc1. The molecule has 2 heterocycles. The van der Waals surface area contributed by atoms with Crippen molar-refractivity contribution in [2.45, 2.75) is 25.9 Å². The molecule has 5 nitrogen and oxygen atoms in total. The molecule has 0 aliphatic rings. The van der Waals surface area contributed by atoms with Crippen LogP contribution in [0.5, 0.6) is 0 Å². The first kappa shape index (κ1) is 14.5. The maximum atomic E-state index is 4.21. The second kappa shape index (κ2) is 7.04. The molecule has 114 valence electrons. The van der Waals surface area contributed by atoms with E-state index in [-0.39, 0.29) is 0 Å². The molecule has 0 aliphatic heterocycles. The van der Waals surface area contributed by atoms with Gasteiger partial charge < -0.3 is 9.88 Å². The minimum Gasteiger partial charge on any atom is -0.310 e. The van der Waals surface area contributed by atoms with Crippen LogP contribution in [0.25, 0.3) is 5.69 Å². The molecule has 0 unspecified atom stereocenters. The van der Waals surface area contributed by atoms with Gasteiger partial charge in [-0.05, 0) is 43.7 Å². The Hall–Kier alpha value is -2.40. The molecule has 0 aliphatic carbocycles. The molecule has 22 heavy (non-hydrogen) atoms. The summed E-state index contributed by atoms with van der Waals surface area (Å²) in [5.41, 5.74) is 2.43. The first-order valence-electron chi connectivity index (χ1n) is 7.62. The van der Waals surface area contributed by atoms with E-state index >= 15 is 0 Å². The summed E-state index contributed by atoms with van der Waals surface area (Å²) in [5, 5.41) is 7.76. The minimum atomic E-state index is 0.342. The van der Waals surface area contributed by atoms with Gasteiger partial charge in [0.15, 0.2) is 0 Å². The predicted octanol–water partition coefficient (Wildman–Crippen LogP) is 2.81. The van der Waals surface area contributed by atoms with E-state index in [9.17, 15) is 0 Å². The lowest BCUT2D eigenvalue weighted by Crippen LogP contribution is -2.21. The topological polar surface area (TPSA) is 47.7 Å². The molecule has 0 radical (unpaired) electrons. The first-order chi connectivity index (χ1) is 10.8. The van der Waals surface area contributed by atoms with Gasteiger partial charge in [-0.15, -0.1) is 0 Å². The number of hydrogen-bond donors (Lipinski definition) is 1. The molecule has 0 saturated heterocycles. The first-order valence-corrected chi connectivity index (χ1v) is 7.62. The summed E-state index contributed by atoms with van der Waals surface area (Å²) in [6, 6.07) is 10.9. The lowest BCUT2D eigenvalue weighted by molar-refractivity contribution is 0.507. The highest BCUT2D eigenvalue weighted by Crippen LogP contribution is 2.15.